The average molecular weight is 374 g/mol. The summed E-state index contributed by atoms with van der Waals surface area (Å²) in [6.07, 6.45) is 1.61. The number of rotatable bonds is 5. The van der Waals surface area contributed by atoms with Crippen LogP contribution in [0.2, 0.25) is 10.0 Å². The first-order chi connectivity index (χ1) is 12.1. The van der Waals surface area contributed by atoms with Crippen LogP contribution in [0.3, 0.4) is 0 Å². The minimum Gasteiger partial charge on any atom is -0.368 e. The molecule has 3 rings (SSSR count). The zero-order valence-electron chi connectivity index (χ0n) is 13.7. The maximum Gasteiger partial charge on any atom is 0.287 e. The van der Waals surface area contributed by atoms with Gasteiger partial charge in [-0.05, 0) is 17.2 Å². The minimum absolute atomic E-state index is 0.153. The van der Waals surface area contributed by atoms with Crippen LogP contribution in [0, 0.1) is 0 Å². The second kappa shape index (κ2) is 7.72. The topological polar surface area (TPSA) is 38.1 Å². The van der Waals surface area contributed by atoms with E-state index in [2.05, 4.69) is 5.10 Å². The van der Waals surface area contributed by atoms with E-state index in [0.29, 0.717) is 17.3 Å². The van der Waals surface area contributed by atoms with E-state index in [1.807, 2.05) is 60.5 Å². The molecular weight excluding hydrogens is 357 g/mol. The van der Waals surface area contributed by atoms with Gasteiger partial charge >= 0.3 is 0 Å². The van der Waals surface area contributed by atoms with Crippen LogP contribution < -0.4 is 10.5 Å². The van der Waals surface area contributed by atoms with Crippen molar-refractivity contribution < 1.29 is 0 Å². The quantitative estimate of drug-likeness (QED) is 0.671. The molecule has 0 radical (unpaired) electrons. The van der Waals surface area contributed by atoms with E-state index in [4.69, 9.17) is 23.2 Å². The Labute approximate surface area is 156 Å². The number of anilines is 1. The van der Waals surface area contributed by atoms with E-state index < -0.39 is 0 Å². The summed E-state index contributed by atoms with van der Waals surface area (Å²) < 4.78 is 1.32. The Morgan fingerprint density at radius 3 is 2.44 bits per heavy atom. The molecule has 1 heterocycles. The zero-order chi connectivity index (χ0) is 17.8. The smallest absolute Gasteiger partial charge is 0.287 e. The predicted octanol–water partition coefficient (Wildman–Crippen LogP) is 4.23. The Hall–Kier alpha value is -2.30. The Bertz CT molecular complexity index is 925. The van der Waals surface area contributed by atoms with Crippen molar-refractivity contribution in [2.45, 2.75) is 13.1 Å². The third-order valence-electron chi connectivity index (χ3n) is 3.92. The first-order valence-corrected chi connectivity index (χ1v) is 8.56. The molecule has 0 fully saturated rings. The Morgan fingerprint density at radius 2 is 1.72 bits per heavy atom. The van der Waals surface area contributed by atoms with E-state index in [1.165, 1.54) is 4.68 Å². The normalized spacial score (nSPS) is 10.7. The fraction of sp³-hybridized carbons (Fsp3) is 0.158. The van der Waals surface area contributed by atoms with Crippen molar-refractivity contribution >= 4 is 28.9 Å². The van der Waals surface area contributed by atoms with Crippen molar-refractivity contribution in [1.82, 2.24) is 9.78 Å². The molecule has 6 heteroatoms. The molecule has 0 atom stereocenters. The fourth-order valence-corrected chi connectivity index (χ4v) is 3.05. The number of halogens is 2. The van der Waals surface area contributed by atoms with Gasteiger partial charge in [-0.1, -0.05) is 71.7 Å². The first kappa shape index (κ1) is 17.5. The van der Waals surface area contributed by atoms with Crippen molar-refractivity contribution in [3.05, 3.63) is 92.3 Å². The van der Waals surface area contributed by atoms with Crippen LogP contribution in [-0.2, 0) is 13.1 Å². The fourth-order valence-electron chi connectivity index (χ4n) is 2.57. The van der Waals surface area contributed by atoms with Gasteiger partial charge in [-0.15, -0.1) is 0 Å². The second-order valence-electron chi connectivity index (χ2n) is 5.74. The Kier molecular flexibility index (Phi) is 5.41. The highest BCUT2D eigenvalue weighted by molar-refractivity contribution is 6.33. The van der Waals surface area contributed by atoms with Gasteiger partial charge in [0.25, 0.3) is 5.56 Å². The van der Waals surface area contributed by atoms with Gasteiger partial charge in [0.05, 0.1) is 18.4 Å². The van der Waals surface area contributed by atoms with Crippen molar-refractivity contribution in [3.8, 4) is 0 Å². The molecule has 128 valence electrons. The van der Waals surface area contributed by atoms with Gasteiger partial charge in [0, 0.05) is 18.6 Å². The molecule has 2 aromatic carbocycles. The van der Waals surface area contributed by atoms with Crippen LogP contribution >= 0.6 is 23.2 Å². The van der Waals surface area contributed by atoms with Crippen LogP contribution in [0.15, 0.2) is 65.6 Å². The van der Waals surface area contributed by atoms with Crippen molar-refractivity contribution in [3.63, 3.8) is 0 Å². The van der Waals surface area contributed by atoms with Gasteiger partial charge in [-0.3, -0.25) is 4.79 Å². The van der Waals surface area contributed by atoms with E-state index in [0.717, 1.165) is 11.1 Å². The molecule has 0 amide bonds. The van der Waals surface area contributed by atoms with Crippen molar-refractivity contribution in [1.29, 1.82) is 0 Å². The Balaban J connectivity index is 1.85. The monoisotopic (exact) mass is 373 g/mol. The summed E-state index contributed by atoms with van der Waals surface area (Å²) in [7, 11) is 1.88. The molecule has 25 heavy (non-hydrogen) atoms. The van der Waals surface area contributed by atoms with E-state index >= 15 is 0 Å². The standard InChI is InChI=1S/C19H17Cl2N3O/c1-23(12-14-7-3-2-4-8-14)17-11-22-24(19(25)18(17)21)13-15-9-5-6-10-16(15)20/h2-11H,12-13H2,1H3. The third-order valence-corrected chi connectivity index (χ3v) is 4.64. The molecule has 4 nitrogen and oxygen atoms in total. The van der Waals surface area contributed by atoms with Gasteiger partial charge in [0.1, 0.15) is 5.02 Å². The maximum absolute atomic E-state index is 12.6. The molecule has 0 aliphatic heterocycles. The summed E-state index contributed by atoms with van der Waals surface area (Å²) >= 11 is 12.5. The van der Waals surface area contributed by atoms with Crippen LogP contribution in [0.4, 0.5) is 5.69 Å². The van der Waals surface area contributed by atoms with Crippen molar-refractivity contribution in [2.75, 3.05) is 11.9 Å². The van der Waals surface area contributed by atoms with E-state index in [9.17, 15) is 4.79 Å². The highest BCUT2D eigenvalue weighted by Crippen LogP contribution is 2.22. The van der Waals surface area contributed by atoms with Crippen LogP contribution in [-0.4, -0.2) is 16.8 Å². The van der Waals surface area contributed by atoms with E-state index in [-0.39, 0.29) is 17.1 Å². The lowest BCUT2D eigenvalue weighted by atomic mass is 10.2. The van der Waals surface area contributed by atoms with Gasteiger partial charge in [0.2, 0.25) is 0 Å². The summed E-state index contributed by atoms with van der Waals surface area (Å²) in [5.74, 6) is 0. The minimum atomic E-state index is -0.334. The van der Waals surface area contributed by atoms with Gasteiger partial charge < -0.3 is 4.90 Å². The van der Waals surface area contributed by atoms with Gasteiger partial charge in [-0.25, -0.2) is 4.68 Å². The third kappa shape index (κ3) is 4.03. The second-order valence-corrected chi connectivity index (χ2v) is 6.52. The molecule has 0 spiro atoms. The van der Waals surface area contributed by atoms with Gasteiger partial charge in [0.15, 0.2) is 0 Å². The lowest BCUT2D eigenvalue weighted by Crippen LogP contribution is -2.27. The van der Waals surface area contributed by atoms with Crippen LogP contribution in [0.5, 0.6) is 0 Å². The van der Waals surface area contributed by atoms with E-state index in [1.54, 1.807) is 12.3 Å². The van der Waals surface area contributed by atoms with Crippen LogP contribution in [0.1, 0.15) is 11.1 Å². The maximum atomic E-state index is 12.6. The summed E-state index contributed by atoms with van der Waals surface area (Å²) in [6, 6.07) is 17.3. The molecule has 0 saturated carbocycles. The lowest BCUT2D eigenvalue weighted by Gasteiger charge is -2.20. The molecular formula is C19H17Cl2N3O. The SMILES string of the molecule is CN(Cc1ccccc1)c1cnn(Cc2ccccc2Cl)c(=O)c1Cl. The zero-order valence-corrected chi connectivity index (χ0v) is 15.2. The molecule has 0 bridgehead atoms. The summed E-state index contributed by atoms with van der Waals surface area (Å²) in [4.78, 5) is 14.5. The predicted molar refractivity (Wildman–Crippen MR) is 103 cm³/mol. The highest BCUT2D eigenvalue weighted by Gasteiger charge is 2.14. The van der Waals surface area contributed by atoms with Crippen molar-refractivity contribution in [2.24, 2.45) is 0 Å². The molecule has 3 aromatic rings. The molecule has 0 aliphatic rings. The molecule has 0 aliphatic carbocycles. The summed E-state index contributed by atoms with van der Waals surface area (Å²) in [6.45, 7) is 0.914. The summed E-state index contributed by atoms with van der Waals surface area (Å²) in [5, 5.41) is 5.01. The number of hydrogen-bond donors (Lipinski definition) is 0. The molecule has 0 unspecified atom stereocenters. The highest BCUT2D eigenvalue weighted by atomic mass is 35.5. The number of aromatic nitrogens is 2. The number of benzene rings is 2. The van der Waals surface area contributed by atoms with Gasteiger partial charge in [-0.2, -0.15) is 5.10 Å². The Morgan fingerprint density at radius 1 is 1.04 bits per heavy atom. The number of nitrogens with zero attached hydrogens (tertiary/aromatic N) is 3. The first-order valence-electron chi connectivity index (χ1n) is 7.80. The average Bonchev–Trinajstić information content (AvgIpc) is 2.61. The lowest BCUT2D eigenvalue weighted by molar-refractivity contribution is 0.637. The summed E-state index contributed by atoms with van der Waals surface area (Å²) in [5.41, 5.74) is 2.21. The van der Waals surface area contributed by atoms with Crippen LogP contribution in [0.25, 0.3) is 0 Å². The molecule has 0 saturated heterocycles. The number of hydrogen-bond acceptors (Lipinski definition) is 3. The largest absolute Gasteiger partial charge is 0.368 e. The molecule has 1 aromatic heterocycles. The molecule has 0 N–H and O–H groups in total.